The highest BCUT2D eigenvalue weighted by Crippen LogP contribution is 2.18. The van der Waals surface area contributed by atoms with E-state index in [0.717, 1.165) is 16.3 Å². The highest BCUT2D eigenvalue weighted by molar-refractivity contribution is 6.01. The Bertz CT molecular complexity index is 972. The van der Waals surface area contributed by atoms with Crippen LogP contribution in [0.5, 0.6) is 0 Å². The molecule has 0 aliphatic carbocycles. The van der Waals surface area contributed by atoms with Gasteiger partial charge in [0.15, 0.2) is 0 Å². The Morgan fingerprint density at radius 3 is 2.15 bits per heavy atom. The lowest BCUT2D eigenvalue weighted by Gasteiger charge is -2.07. The third-order valence-electron chi connectivity index (χ3n) is 4.05. The summed E-state index contributed by atoms with van der Waals surface area (Å²) in [4.78, 5) is 23.7. The maximum absolute atomic E-state index is 13.1. The molecule has 0 aliphatic rings. The van der Waals surface area contributed by atoms with Crippen molar-refractivity contribution in [3.8, 4) is 0 Å². The Kier molecular flexibility index (Phi) is 5.24. The lowest BCUT2D eigenvalue weighted by molar-refractivity contribution is 0.0706. The molecule has 0 aliphatic heterocycles. The van der Waals surface area contributed by atoms with Gasteiger partial charge in [0.1, 0.15) is 5.82 Å². The van der Waals surface area contributed by atoms with E-state index in [4.69, 9.17) is 5.21 Å². The summed E-state index contributed by atoms with van der Waals surface area (Å²) in [6, 6.07) is 16.3. The molecule has 0 heterocycles. The number of benzene rings is 3. The van der Waals surface area contributed by atoms with Gasteiger partial charge in [-0.15, -0.1) is 0 Å². The summed E-state index contributed by atoms with van der Waals surface area (Å²) in [7, 11) is 0. The van der Waals surface area contributed by atoms with Crippen molar-refractivity contribution in [3.05, 3.63) is 83.2 Å². The number of carbonyl (C=O) groups excluding carboxylic acids is 2. The quantitative estimate of drug-likeness (QED) is 0.488. The molecule has 26 heavy (non-hydrogen) atoms. The minimum absolute atomic E-state index is 0.222. The summed E-state index contributed by atoms with van der Waals surface area (Å²) in [5, 5.41) is 13.1. The highest BCUT2D eigenvalue weighted by Gasteiger charge is 2.09. The van der Waals surface area contributed by atoms with Crippen molar-refractivity contribution >= 4 is 22.6 Å². The van der Waals surface area contributed by atoms with Gasteiger partial charge in [-0.05, 0) is 59.2 Å². The van der Waals surface area contributed by atoms with Crippen LogP contribution in [0.4, 0.5) is 4.39 Å². The topological polar surface area (TPSA) is 78.4 Å². The van der Waals surface area contributed by atoms with Crippen LogP contribution in [0, 0.1) is 5.82 Å². The number of halogens is 1. The van der Waals surface area contributed by atoms with E-state index in [1.165, 1.54) is 12.1 Å². The zero-order valence-corrected chi connectivity index (χ0v) is 13.8. The monoisotopic (exact) mass is 352 g/mol. The van der Waals surface area contributed by atoms with E-state index in [9.17, 15) is 14.0 Å². The average molecular weight is 352 g/mol. The first-order chi connectivity index (χ1) is 12.6. The van der Waals surface area contributed by atoms with Crippen LogP contribution in [0.25, 0.3) is 10.8 Å². The maximum Gasteiger partial charge on any atom is 0.274 e. The first kappa shape index (κ1) is 17.6. The molecule has 0 atom stereocenters. The van der Waals surface area contributed by atoms with Gasteiger partial charge in [-0.3, -0.25) is 14.8 Å². The minimum Gasteiger partial charge on any atom is -0.352 e. The van der Waals surface area contributed by atoms with Gasteiger partial charge >= 0.3 is 0 Å². The van der Waals surface area contributed by atoms with Crippen LogP contribution in [0.1, 0.15) is 26.3 Å². The number of hydrogen-bond donors (Lipinski definition) is 3. The number of amides is 2. The number of hydroxylamine groups is 1. The van der Waals surface area contributed by atoms with Crippen molar-refractivity contribution in [2.24, 2.45) is 0 Å². The van der Waals surface area contributed by atoms with Crippen LogP contribution in [0.15, 0.2) is 60.7 Å². The zero-order chi connectivity index (χ0) is 18.5. The molecule has 3 rings (SSSR count). The van der Waals surface area contributed by atoms with Crippen LogP contribution in [0.2, 0.25) is 0 Å². The van der Waals surface area contributed by atoms with Crippen molar-refractivity contribution in [1.29, 1.82) is 0 Å². The number of carbonyl (C=O) groups is 2. The van der Waals surface area contributed by atoms with Gasteiger partial charge in [0, 0.05) is 17.7 Å². The molecule has 0 saturated heterocycles. The smallest absolute Gasteiger partial charge is 0.274 e. The summed E-state index contributed by atoms with van der Waals surface area (Å²) in [6.45, 7) is 0.399. The molecule has 0 fully saturated rings. The first-order valence-corrected chi connectivity index (χ1v) is 8.08. The average Bonchev–Trinajstić information content (AvgIpc) is 2.66. The molecule has 3 N–H and O–H groups in total. The molecule has 2 amide bonds. The van der Waals surface area contributed by atoms with Gasteiger partial charge in [0.05, 0.1) is 0 Å². The van der Waals surface area contributed by atoms with Gasteiger partial charge in [0.25, 0.3) is 11.8 Å². The van der Waals surface area contributed by atoms with Gasteiger partial charge in [0.2, 0.25) is 0 Å². The molecule has 5 nitrogen and oxygen atoms in total. The van der Waals surface area contributed by atoms with Crippen LogP contribution in [0.3, 0.4) is 0 Å². The fourth-order valence-electron chi connectivity index (χ4n) is 2.71. The Labute approximate surface area is 149 Å². The molecule has 0 spiro atoms. The second-order valence-corrected chi connectivity index (χ2v) is 5.85. The molecule has 0 radical (unpaired) electrons. The van der Waals surface area contributed by atoms with Crippen LogP contribution < -0.4 is 10.8 Å². The molecule has 3 aromatic rings. The van der Waals surface area contributed by atoms with E-state index in [1.807, 2.05) is 6.07 Å². The third-order valence-corrected chi connectivity index (χ3v) is 4.05. The first-order valence-electron chi connectivity index (χ1n) is 8.08. The third kappa shape index (κ3) is 4.04. The Hall–Kier alpha value is -3.25. The van der Waals surface area contributed by atoms with Crippen LogP contribution in [-0.2, 0) is 6.42 Å². The minimum atomic E-state index is -0.592. The summed E-state index contributed by atoms with van der Waals surface area (Å²) in [5.74, 6) is -1.11. The fraction of sp³-hybridized carbons (Fsp3) is 0.100. The summed E-state index contributed by atoms with van der Waals surface area (Å²) < 4.78 is 13.1. The summed E-state index contributed by atoms with van der Waals surface area (Å²) >= 11 is 0. The van der Waals surface area contributed by atoms with E-state index in [1.54, 1.807) is 47.9 Å². The predicted molar refractivity (Wildman–Crippen MR) is 95.6 cm³/mol. The normalized spacial score (nSPS) is 10.5. The number of fused-ring (bicyclic) bond motifs is 1. The number of rotatable bonds is 5. The van der Waals surface area contributed by atoms with Crippen LogP contribution in [-0.4, -0.2) is 23.6 Å². The Balaban J connectivity index is 1.67. The number of nitrogens with one attached hydrogen (secondary N) is 2. The Morgan fingerprint density at radius 1 is 0.885 bits per heavy atom. The summed E-state index contributed by atoms with van der Waals surface area (Å²) in [5.41, 5.74) is 3.23. The fourth-order valence-corrected chi connectivity index (χ4v) is 2.71. The van der Waals surface area contributed by atoms with E-state index in [2.05, 4.69) is 5.32 Å². The van der Waals surface area contributed by atoms with Gasteiger partial charge in [-0.1, -0.05) is 24.3 Å². The van der Waals surface area contributed by atoms with Gasteiger partial charge in [-0.2, -0.15) is 0 Å². The van der Waals surface area contributed by atoms with Crippen LogP contribution >= 0.6 is 0 Å². The Morgan fingerprint density at radius 2 is 1.54 bits per heavy atom. The van der Waals surface area contributed by atoms with Crippen molar-refractivity contribution in [2.75, 3.05) is 6.54 Å². The second-order valence-electron chi connectivity index (χ2n) is 5.85. The van der Waals surface area contributed by atoms with Crippen molar-refractivity contribution in [3.63, 3.8) is 0 Å². The van der Waals surface area contributed by atoms with Crippen molar-refractivity contribution < 1.29 is 19.2 Å². The number of hydrogen-bond acceptors (Lipinski definition) is 3. The molecular weight excluding hydrogens is 335 g/mol. The molecule has 0 unspecified atom stereocenters. The molecule has 0 aromatic heterocycles. The van der Waals surface area contributed by atoms with E-state index >= 15 is 0 Å². The van der Waals surface area contributed by atoms with E-state index in [0.29, 0.717) is 24.1 Å². The van der Waals surface area contributed by atoms with Crippen molar-refractivity contribution in [1.82, 2.24) is 10.8 Å². The highest BCUT2D eigenvalue weighted by atomic mass is 19.1. The van der Waals surface area contributed by atoms with E-state index in [-0.39, 0.29) is 11.7 Å². The molecule has 6 heteroatoms. The van der Waals surface area contributed by atoms with Gasteiger partial charge < -0.3 is 5.32 Å². The molecule has 0 bridgehead atoms. The van der Waals surface area contributed by atoms with E-state index < -0.39 is 5.91 Å². The molecule has 0 saturated carbocycles. The standard InChI is InChI=1S/C20H17FN2O3/c21-18-3-1-2-13(10-18)8-9-22-19(24)16-6-4-15-12-17(20(25)23-26)7-5-14(15)11-16/h1-7,10-12,26H,8-9H2,(H,22,24)(H,23,25). The zero-order valence-electron chi connectivity index (χ0n) is 13.8. The van der Waals surface area contributed by atoms with Gasteiger partial charge in [-0.25, -0.2) is 9.87 Å². The molecular formula is C20H17FN2O3. The largest absolute Gasteiger partial charge is 0.352 e. The SMILES string of the molecule is O=C(NO)c1ccc2cc(C(=O)NCCc3cccc(F)c3)ccc2c1. The second kappa shape index (κ2) is 7.76. The predicted octanol–water partition coefficient (Wildman–Crippen LogP) is 3.07. The molecule has 3 aromatic carbocycles. The summed E-state index contributed by atoms with van der Waals surface area (Å²) in [6.07, 6.45) is 0.538. The lowest BCUT2D eigenvalue weighted by Crippen LogP contribution is -2.25. The lowest BCUT2D eigenvalue weighted by atomic mass is 10.0. The molecule has 132 valence electrons. The maximum atomic E-state index is 13.1. The van der Waals surface area contributed by atoms with Crippen molar-refractivity contribution in [2.45, 2.75) is 6.42 Å².